The maximum absolute atomic E-state index is 11.1. The maximum Gasteiger partial charge on any atom is 0.264 e. The first-order valence-corrected chi connectivity index (χ1v) is 4.95. The fourth-order valence-corrected chi connectivity index (χ4v) is 1.87. The van der Waals surface area contributed by atoms with E-state index < -0.39 is 0 Å². The van der Waals surface area contributed by atoms with E-state index in [1.165, 1.54) is 6.07 Å². The van der Waals surface area contributed by atoms with Crippen molar-refractivity contribution in [2.75, 3.05) is 0 Å². The summed E-state index contributed by atoms with van der Waals surface area (Å²) in [5, 5.41) is 10.8. The predicted molar refractivity (Wildman–Crippen MR) is 61.1 cm³/mol. The van der Waals surface area contributed by atoms with E-state index in [0.717, 1.165) is 16.6 Å². The maximum atomic E-state index is 11.1. The van der Waals surface area contributed by atoms with Crippen LogP contribution in [0, 0.1) is 0 Å². The highest BCUT2D eigenvalue weighted by Gasteiger charge is 2.11. The number of benzene rings is 1. The Bertz CT molecular complexity index is 704. The zero-order valence-electron chi connectivity index (χ0n) is 8.69. The van der Waals surface area contributed by atoms with Gasteiger partial charge in [0, 0.05) is 18.5 Å². The van der Waals surface area contributed by atoms with Crippen molar-refractivity contribution in [3.63, 3.8) is 0 Å². The molecule has 0 bridgehead atoms. The lowest BCUT2D eigenvalue weighted by Crippen LogP contribution is -1.93. The Morgan fingerprint density at radius 3 is 2.81 bits per heavy atom. The standard InChI is InChI=1S/C11H10N4O/c1-15-9-5-3-2-4-7(9)11(14-15)8-6-10(16)13-12-8/h2-6H,1H3,(H2,12,13,16). The number of para-hydroxylation sites is 1. The van der Waals surface area contributed by atoms with Gasteiger partial charge in [0.2, 0.25) is 0 Å². The van der Waals surface area contributed by atoms with Crippen LogP contribution >= 0.6 is 0 Å². The van der Waals surface area contributed by atoms with Crippen molar-refractivity contribution in [2.24, 2.45) is 7.05 Å². The molecule has 5 nitrogen and oxygen atoms in total. The zero-order chi connectivity index (χ0) is 11.1. The molecule has 2 N–H and O–H groups in total. The molecule has 2 aromatic heterocycles. The fraction of sp³-hybridized carbons (Fsp3) is 0.0909. The molecule has 0 aliphatic rings. The normalized spacial score (nSPS) is 11.1. The van der Waals surface area contributed by atoms with E-state index in [1.807, 2.05) is 31.3 Å². The Morgan fingerprint density at radius 1 is 1.25 bits per heavy atom. The van der Waals surface area contributed by atoms with Crippen LogP contribution in [0.2, 0.25) is 0 Å². The fourth-order valence-electron chi connectivity index (χ4n) is 1.87. The first kappa shape index (κ1) is 8.96. The second-order valence-corrected chi connectivity index (χ2v) is 3.66. The molecule has 0 spiro atoms. The van der Waals surface area contributed by atoms with Crippen molar-refractivity contribution in [3.05, 3.63) is 40.7 Å². The smallest absolute Gasteiger partial charge is 0.264 e. The topological polar surface area (TPSA) is 66.5 Å². The summed E-state index contributed by atoms with van der Waals surface area (Å²) in [6.07, 6.45) is 0. The molecule has 0 fully saturated rings. The Hall–Kier alpha value is -2.30. The average Bonchev–Trinajstić information content (AvgIpc) is 2.84. The van der Waals surface area contributed by atoms with Gasteiger partial charge in [0.05, 0.1) is 11.2 Å². The number of aromatic nitrogens is 4. The molecule has 0 aliphatic carbocycles. The Kier molecular flexibility index (Phi) is 1.73. The van der Waals surface area contributed by atoms with Gasteiger partial charge in [-0.25, -0.2) is 0 Å². The second-order valence-electron chi connectivity index (χ2n) is 3.66. The van der Waals surface area contributed by atoms with E-state index in [9.17, 15) is 4.79 Å². The molecule has 0 aliphatic heterocycles. The minimum Gasteiger partial charge on any atom is -0.296 e. The minimum absolute atomic E-state index is 0.148. The molecule has 3 rings (SSSR count). The number of H-pyrrole nitrogens is 2. The van der Waals surface area contributed by atoms with Crippen LogP contribution in [0.25, 0.3) is 22.3 Å². The summed E-state index contributed by atoms with van der Waals surface area (Å²) in [6.45, 7) is 0. The lowest BCUT2D eigenvalue weighted by atomic mass is 10.2. The van der Waals surface area contributed by atoms with Crippen LogP contribution in [0.3, 0.4) is 0 Å². The van der Waals surface area contributed by atoms with Crippen LogP contribution in [-0.4, -0.2) is 20.0 Å². The highest BCUT2D eigenvalue weighted by Crippen LogP contribution is 2.24. The molecule has 16 heavy (non-hydrogen) atoms. The van der Waals surface area contributed by atoms with Gasteiger partial charge in [-0.1, -0.05) is 18.2 Å². The number of nitrogens with zero attached hydrogens (tertiary/aromatic N) is 2. The highest BCUT2D eigenvalue weighted by molar-refractivity contribution is 5.92. The molecule has 1 aromatic carbocycles. The Balaban J connectivity index is 2.36. The number of rotatable bonds is 1. The predicted octanol–water partition coefficient (Wildman–Crippen LogP) is 1.26. The third kappa shape index (κ3) is 1.18. The highest BCUT2D eigenvalue weighted by atomic mass is 16.1. The van der Waals surface area contributed by atoms with Gasteiger partial charge < -0.3 is 0 Å². The van der Waals surface area contributed by atoms with E-state index in [4.69, 9.17) is 0 Å². The van der Waals surface area contributed by atoms with Crippen molar-refractivity contribution in [1.29, 1.82) is 0 Å². The molecular weight excluding hydrogens is 204 g/mol. The molecule has 0 radical (unpaired) electrons. The van der Waals surface area contributed by atoms with Crippen molar-refractivity contribution >= 4 is 10.9 Å². The van der Waals surface area contributed by atoms with Gasteiger partial charge in [-0.3, -0.25) is 19.7 Å². The van der Waals surface area contributed by atoms with Gasteiger partial charge >= 0.3 is 0 Å². The van der Waals surface area contributed by atoms with E-state index in [1.54, 1.807) is 4.68 Å². The Labute approximate surface area is 90.7 Å². The van der Waals surface area contributed by atoms with Gasteiger partial charge in [-0.2, -0.15) is 5.10 Å². The monoisotopic (exact) mass is 214 g/mol. The van der Waals surface area contributed by atoms with Crippen LogP contribution in [0.4, 0.5) is 0 Å². The lowest BCUT2D eigenvalue weighted by Gasteiger charge is -1.91. The van der Waals surface area contributed by atoms with E-state index in [0.29, 0.717) is 5.69 Å². The molecule has 80 valence electrons. The summed E-state index contributed by atoms with van der Waals surface area (Å²) in [6, 6.07) is 9.42. The zero-order valence-corrected chi connectivity index (χ0v) is 8.69. The van der Waals surface area contributed by atoms with Gasteiger partial charge in [-0.05, 0) is 6.07 Å². The molecule has 0 saturated heterocycles. The average molecular weight is 214 g/mol. The summed E-state index contributed by atoms with van der Waals surface area (Å²) in [7, 11) is 1.89. The number of aryl methyl sites for hydroxylation is 1. The van der Waals surface area contributed by atoms with Crippen LogP contribution in [0.1, 0.15) is 0 Å². The van der Waals surface area contributed by atoms with Gasteiger partial charge in [0.1, 0.15) is 5.69 Å². The SMILES string of the molecule is Cn1nc(-c2cc(=O)[nH][nH]2)c2ccccc21. The van der Waals surface area contributed by atoms with Crippen LogP contribution in [0.5, 0.6) is 0 Å². The molecule has 0 saturated carbocycles. The van der Waals surface area contributed by atoms with Gasteiger partial charge in [0.25, 0.3) is 5.56 Å². The number of aromatic amines is 2. The number of hydrogen-bond donors (Lipinski definition) is 2. The first-order valence-electron chi connectivity index (χ1n) is 4.95. The van der Waals surface area contributed by atoms with Crippen molar-refractivity contribution in [3.8, 4) is 11.4 Å². The van der Waals surface area contributed by atoms with Crippen LogP contribution in [-0.2, 0) is 7.05 Å². The quantitative estimate of drug-likeness (QED) is 0.640. The number of nitrogens with one attached hydrogen (secondary N) is 2. The van der Waals surface area contributed by atoms with Crippen molar-refractivity contribution in [2.45, 2.75) is 0 Å². The molecular formula is C11H10N4O. The van der Waals surface area contributed by atoms with E-state index in [2.05, 4.69) is 15.3 Å². The summed E-state index contributed by atoms with van der Waals surface area (Å²) in [5.41, 5.74) is 2.39. The third-order valence-corrected chi connectivity index (χ3v) is 2.61. The molecule has 0 unspecified atom stereocenters. The van der Waals surface area contributed by atoms with E-state index >= 15 is 0 Å². The molecule has 5 heteroatoms. The van der Waals surface area contributed by atoms with Gasteiger partial charge in [0.15, 0.2) is 0 Å². The number of hydrogen-bond acceptors (Lipinski definition) is 2. The lowest BCUT2D eigenvalue weighted by molar-refractivity contribution is 0.799. The first-order chi connectivity index (χ1) is 7.75. The molecule has 2 heterocycles. The summed E-state index contributed by atoms with van der Waals surface area (Å²) < 4.78 is 1.80. The number of fused-ring (bicyclic) bond motifs is 1. The van der Waals surface area contributed by atoms with E-state index in [-0.39, 0.29) is 5.56 Å². The molecule has 0 atom stereocenters. The van der Waals surface area contributed by atoms with Crippen molar-refractivity contribution < 1.29 is 0 Å². The minimum atomic E-state index is -0.148. The van der Waals surface area contributed by atoms with Crippen molar-refractivity contribution in [1.82, 2.24) is 20.0 Å². The largest absolute Gasteiger partial charge is 0.296 e. The third-order valence-electron chi connectivity index (χ3n) is 2.61. The summed E-state index contributed by atoms with van der Waals surface area (Å²) >= 11 is 0. The Morgan fingerprint density at radius 2 is 2.06 bits per heavy atom. The van der Waals surface area contributed by atoms with Crippen LogP contribution in [0.15, 0.2) is 35.1 Å². The molecule has 3 aromatic rings. The van der Waals surface area contributed by atoms with Gasteiger partial charge in [-0.15, -0.1) is 0 Å². The molecule has 0 amide bonds. The summed E-state index contributed by atoms with van der Waals surface area (Å²) in [4.78, 5) is 11.1. The van der Waals surface area contributed by atoms with Crippen LogP contribution < -0.4 is 5.56 Å². The summed E-state index contributed by atoms with van der Waals surface area (Å²) in [5.74, 6) is 0. The second kappa shape index (κ2) is 3.10.